The molecule has 3 heterocycles. The third-order valence-corrected chi connectivity index (χ3v) is 5.74. The first kappa shape index (κ1) is 16.3. The van der Waals surface area contributed by atoms with Gasteiger partial charge in [0.15, 0.2) is 0 Å². The zero-order valence-electron chi connectivity index (χ0n) is 14.5. The first-order valence-electron chi connectivity index (χ1n) is 8.62. The van der Waals surface area contributed by atoms with Gasteiger partial charge < -0.3 is 15.4 Å². The molecule has 25 heavy (non-hydrogen) atoms. The predicted octanol–water partition coefficient (Wildman–Crippen LogP) is 3.84. The van der Waals surface area contributed by atoms with Gasteiger partial charge in [0.2, 0.25) is 0 Å². The minimum absolute atomic E-state index is 0.461. The molecule has 0 radical (unpaired) electrons. The second-order valence-electron chi connectivity index (χ2n) is 6.33. The van der Waals surface area contributed by atoms with E-state index in [2.05, 4.69) is 39.7 Å². The van der Waals surface area contributed by atoms with Crippen molar-refractivity contribution in [1.82, 2.24) is 15.3 Å². The zero-order chi connectivity index (χ0) is 17.2. The standard InChI is InChI=1S/C19H22N4OS/c1-12-16(13-3-5-15(24-2)6-4-13)17-18(21-11-22-19(17)25-12)23-14-7-9-20-10-8-14/h3-6,11,14,20H,7-10H2,1-2H3,(H,21,22,23). The number of rotatable bonds is 4. The third kappa shape index (κ3) is 3.19. The summed E-state index contributed by atoms with van der Waals surface area (Å²) in [7, 11) is 1.69. The highest BCUT2D eigenvalue weighted by atomic mass is 32.1. The lowest BCUT2D eigenvalue weighted by molar-refractivity contribution is 0.415. The number of fused-ring (bicyclic) bond motifs is 1. The summed E-state index contributed by atoms with van der Waals surface area (Å²) >= 11 is 1.73. The summed E-state index contributed by atoms with van der Waals surface area (Å²) in [5.74, 6) is 1.82. The van der Waals surface area contributed by atoms with Gasteiger partial charge in [-0.1, -0.05) is 12.1 Å². The van der Waals surface area contributed by atoms with E-state index in [-0.39, 0.29) is 0 Å². The smallest absolute Gasteiger partial charge is 0.139 e. The zero-order valence-corrected chi connectivity index (χ0v) is 15.3. The molecule has 3 aromatic rings. The molecule has 0 spiro atoms. The van der Waals surface area contributed by atoms with Crippen molar-refractivity contribution in [2.45, 2.75) is 25.8 Å². The van der Waals surface area contributed by atoms with Crippen LogP contribution in [0, 0.1) is 6.92 Å². The molecule has 0 bridgehead atoms. The van der Waals surface area contributed by atoms with E-state index >= 15 is 0 Å². The van der Waals surface area contributed by atoms with Gasteiger partial charge in [-0.2, -0.15) is 0 Å². The van der Waals surface area contributed by atoms with Crippen LogP contribution in [-0.2, 0) is 0 Å². The number of thiophene rings is 1. The molecule has 1 fully saturated rings. The van der Waals surface area contributed by atoms with E-state index in [4.69, 9.17) is 4.74 Å². The normalized spacial score (nSPS) is 15.4. The topological polar surface area (TPSA) is 59.1 Å². The minimum atomic E-state index is 0.461. The average Bonchev–Trinajstić information content (AvgIpc) is 2.99. The summed E-state index contributed by atoms with van der Waals surface area (Å²) in [4.78, 5) is 11.4. The number of aromatic nitrogens is 2. The molecule has 1 saturated heterocycles. The van der Waals surface area contributed by atoms with E-state index < -0.39 is 0 Å². The SMILES string of the molecule is COc1ccc(-c2c(C)sc3ncnc(NC4CCNCC4)c23)cc1. The van der Waals surface area contributed by atoms with E-state index in [0.717, 1.165) is 47.7 Å². The van der Waals surface area contributed by atoms with Crippen molar-refractivity contribution < 1.29 is 4.74 Å². The molecule has 1 aliphatic heterocycles. The van der Waals surface area contributed by atoms with Gasteiger partial charge in [-0.3, -0.25) is 0 Å². The highest BCUT2D eigenvalue weighted by molar-refractivity contribution is 7.19. The van der Waals surface area contributed by atoms with Gasteiger partial charge in [0.25, 0.3) is 0 Å². The molecule has 4 rings (SSSR count). The van der Waals surface area contributed by atoms with Crippen molar-refractivity contribution >= 4 is 27.4 Å². The molecule has 0 amide bonds. The second kappa shape index (κ2) is 6.98. The van der Waals surface area contributed by atoms with Gasteiger partial charge in [0, 0.05) is 16.5 Å². The number of hydrogen-bond donors (Lipinski definition) is 2. The predicted molar refractivity (Wildman–Crippen MR) is 104 cm³/mol. The molecule has 1 aliphatic rings. The van der Waals surface area contributed by atoms with Crippen LogP contribution in [0.4, 0.5) is 5.82 Å². The molecular weight excluding hydrogens is 332 g/mol. The minimum Gasteiger partial charge on any atom is -0.497 e. The van der Waals surface area contributed by atoms with Gasteiger partial charge >= 0.3 is 0 Å². The molecule has 130 valence electrons. The van der Waals surface area contributed by atoms with Crippen LogP contribution >= 0.6 is 11.3 Å². The summed E-state index contributed by atoms with van der Waals surface area (Å²) < 4.78 is 5.29. The number of aryl methyl sites for hydroxylation is 1. The van der Waals surface area contributed by atoms with Crippen molar-refractivity contribution in [2.75, 3.05) is 25.5 Å². The lowest BCUT2D eigenvalue weighted by Crippen LogP contribution is -2.35. The lowest BCUT2D eigenvalue weighted by Gasteiger charge is -2.24. The lowest BCUT2D eigenvalue weighted by atomic mass is 10.0. The highest BCUT2D eigenvalue weighted by Crippen LogP contribution is 2.41. The van der Waals surface area contributed by atoms with Crippen LogP contribution in [0.15, 0.2) is 30.6 Å². The van der Waals surface area contributed by atoms with Crippen LogP contribution in [0.25, 0.3) is 21.3 Å². The number of nitrogens with zero attached hydrogens (tertiary/aromatic N) is 2. The summed E-state index contributed by atoms with van der Waals surface area (Å²) in [6.07, 6.45) is 3.90. The molecule has 1 aromatic carbocycles. The van der Waals surface area contributed by atoms with Crippen LogP contribution in [0.1, 0.15) is 17.7 Å². The van der Waals surface area contributed by atoms with Crippen LogP contribution in [0.5, 0.6) is 5.75 Å². The molecule has 0 unspecified atom stereocenters. The van der Waals surface area contributed by atoms with E-state index in [1.807, 2.05) is 12.1 Å². The Morgan fingerprint density at radius 3 is 2.64 bits per heavy atom. The maximum atomic E-state index is 5.29. The van der Waals surface area contributed by atoms with E-state index in [0.29, 0.717) is 6.04 Å². The Hall–Kier alpha value is -2.18. The van der Waals surface area contributed by atoms with Crippen molar-refractivity contribution in [3.8, 4) is 16.9 Å². The average molecular weight is 354 g/mol. The van der Waals surface area contributed by atoms with Crippen LogP contribution in [0.2, 0.25) is 0 Å². The monoisotopic (exact) mass is 354 g/mol. The van der Waals surface area contributed by atoms with Gasteiger partial charge in [-0.05, 0) is 50.6 Å². The van der Waals surface area contributed by atoms with Gasteiger partial charge in [-0.25, -0.2) is 9.97 Å². The molecule has 2 aromatic heterocycles. The molecule has 5 nitrogen and oxygen atoms in total. The van der Waals surface area contributed by atoms with Gasteiger partial charge in [0.05, 0.1) is 12.5 Å². The maximum absolute atomic E-state index is 5.29. The third-order valence-electron chi connectivity index (χ3n) is 4.72. The molecule has 0 atom stereocenters. The van der Waals surface area contributed by atoms with E-state index in [1.54, 1.807) is 24.8 Å². The number of hydrogen-bond acceptors (Lipinski definition) is 6. The number of piperidine rings is 1. The molecule has 0 aliphatic carbocycles. The fraction of sp³-hybridized carbons (Fsp3) is 0.368. The summed E-state index contributed by atoms with van der Waals surface area (Å²) in [5.41, 5.74) is 2.40. The van der Waals surface area contributed by atoms with Crippen LogP contribution in [0.3, 0.4) is 0 Å². The van der Waals surface area contributed by atoms with E-state index in [9.17, 15) is 0 Å². The fourth-order valence-corrected chi connectivity index (χ4v) is 4.43. The molecule has 2 N–H and O–H groups in total. The Morgan fingerprint density at radius 1 is 1.16 bits per heavy atom. The summed E-state index contributed by atoms with van der Waals surface area (Å²) in [5, 5.41) is 8.20. The van der Waals surface area contributed by atoms with Crippen LogP contribution in [-0.4, -0.2) is 36.2 Å². The van der Waals surface area contributed by atoms with Gasteiger partial charge in [-0.15, -0.1) is 11.3 Å². The molecular formula is C19H22N4OS. The van der Waals surface area contributed by atoms with Crippen molar-refractivity contribution in [2.24, 2.45) is 0 Å². The highest BCUT2D eigenvalue weighted by Gasteiger charge is 2.20. The molecule has 6 heteroatoms. The first-order valence-corrected chi connectivity index (χ1v) is 9.43. The first-order chi connectivity index (χ1) is 12.3. The summed E-state index contributed by atoms with van der Waals surface area (Å²) in [6, 6.07) is 8.68. The largest absolute Gasteiger partial charge is 0.497 e. The van der Waals surface area contributed by atoms with Crippen molar-refractivity contribution in [1.29, 1.82) is 0 Å². The number of benzene rings is 1. The number of anilines is 1. The van der Waals surface area contributed by atoms with Crippen molar-refractivity contribution in [3.63, 3.8) is 0 Å². The second-order valence-corrected chi connectivity index (χ2v) is 7.54. The Labute approximate surface area is 151 Å². The van der Waals surface area contributed by atoms with Crippen LogP contribution < -0.4 is 15.4 Å². The maximum Gasteiger partial charge on any atom is 0.139 e. The Kier molecular flexibility index (Phi) is 4.55. The number of ether oxygens (including phenoxy) is 1. The fourth-order valence-electron chi connectivity index (χ4n) is 3.42. The number of methoxy groups -OCH3 is 1. The summed E-state index contributed by atoms with van der Waals surface area (Å²) in [6.45, 7) is 4.26. The Bertz CT molecular complexity index is 869. The van der Waals surface area contributed by atoms with E-state index in [1.165, 1.54) is 16.0 Å². The quantitative estimate of drug-likeness (QED) is 0.745. The van der Waals surface area contributed by atoms with Crippen molar-refractivity contribution in [3.05, 3.63) is 35.5 Å². The Balaban J connectivity index is 1.78. The molecule has 0 saturated carbocycles. The number of nitrogens with one attached hydrogen (secondary N) is 2. The Morgan fingerprint density at radius 2 is 1.92 bits per heavy atom. The van der Waals surface area contributed by atoms with Gasteiger partial charge in [0.1, 0.15) is 22.7 Å².